The Morgan fingerprint density at radius 2 is 1.82 bits per heavy atom. The molecule has 4 heteroatoms. The van der Waals surface area contributed by atoms with Gasteiger partial charge in [-0.1, -0.05) is 29.8 Å². The van der Waals surface area contributed by atoms with Crippen LogP contribution >= 0.6 is 12.2 Å². The van der Waals surface area contributed by atoms with Gasteiger partial charge in [0.05, 0.1) is 5.71 Å². The Balaban J connectivity index is 2.60. The fraction of sp³-hybridized carbons (Fsp3) is 0.385. The molecule has 0 unspecified atom stereocenters. The number of hydrazone groups is 1. The maximum Gasteiger partial charge on any atom is 0.187 e. The lowest BCUT2D eigenvalue weighted by atomic mass is 10.1. The summed E-state index contributed by atoms with van der Waals surface area (Å²) in [5.41, 5.74) is 6.09. The first kappa shape index (κ1) is 13.6. The number of hydrogen-bond donors (Lipinski definition) is 2. The molecule has 0 bridgehead atoms. The molecule has 0 fully saturated rings. The van der Waals surface area contributed by atoms with E-state index < -0.39 is 0 Å². The molecule has 0 aliphatic rings. The molecule has 0 aliphatic carbocycles. The standard InChI is InChI=1S/C13H19N3S/c1-9(2)14-13(17)16-15-11(4)12-7-5-10(3)6-8-12/h5-9H,1-4H3,(H2,14,16,17)/b15-11-. The van der Waals surface area contributed by atoms with E-state index in [1.807, 2.05) is 20.8 Å². The summed E-state index contributed by atoms with van der Waals surface area (Å²) in [4.78, 5) is 0. The molecule has 0 atom stereocenters. The lowest BCUT2D eigenvalue weighted by molar-refractivity contribution is 0.719. The average molecular weight is 249 g/mol. The summed E-state index contributed by atoms with van der Waals surface area (Å²) in [5, 5.41) is 7.86. The summed E-state index contributed by atoms with van der Waals surface area (Å²) in [6.45, 7) is 8.08. The minimum absolute atomic E-state index is 0.310. The predicted molar refractivity (Wildman–Crippen MR) is 77.4 cm³/mol. The van der Waals surface area contributed by atoms with Crippen molar-refractivity contribution < 1.29 is 0 Å². The van der Waals surface area contributed by atoms with Crippen LogP contribution in [0.3, 0.4) is 0 Å². The summed E-state index contributed by atoms with van der Waals surface area (Å²) >= 11 is 5.09. The Bertz CT molecular complexity index is 407. The first-order valence-corrected chi connectivity index (χ1v) is 6.07. The van der Waals surface area contributed by atoms with Crippen molar-refractivity contribution in [1.82, 2.24) is 10.7 Å². The number of nitrogens with one attached hydrogen (secondary N) is 2. The van der Waals surface area contributed by atoms with Gasteiger partial charge in [0.1, 0.15) is 0 Å². The summed E-state index contributed by atoms with van der Waals surface area (Å²) in [6, 6.07) is 8.55. The molecule has 0 heterocycles. The lowest BCUT2D eigenvalue weighted by Crippen LogP contribution is -2.37. The summed E-state index contributed by atoms with van der Waals surface area (Å²) in [7, 11) is 0. The second kappa shape index (κ2) is 6.35. The highest BCUT2D eigenvalue weighted by Gasteiger charge is 1.99. The number of aryl methyl sites for hydroxylation is 1. The molecule has 1 aromatic rings. The maximum atomic E-state index is 5.09. The van der Waals surface area contributed by atoms with Crippen molar-refractivity contribution in [2.24, 2.45) is 5.10 Å². The molecular formula is C13H19N3S. The number of benzene rings is 1. The minimum Gasteiger partial charge on any atom is -0.359 e. The van der Waals surface area contributed by atoms with Crippen LogP contribution in [0.1, 0.15) is 31.9 Å². The van der Waals surface area contributed by atoms with Gasteiger partial charge in [-0.3, -0.25) is 5.43 Å². The number of rotatable bonds is 3. The molecule has 3 nitrogen and oxygen atoms in total. The van der Waals surface area contributed by atoms with E-state index >= 15 is 0 Å². The Hall–Kier alpha value is -1.42. The van der Waals surface area contributed by atoms with Crippen molar-refractivity contribution in [1.29, 1.82) is 0 Å². The van der Waals surface area contributed by atoms with Crippen molar-refractivity contribution in [2.75, 3.05) is 0 Å². The van der Waals surface area contributed by atoms with E-state index in [0.717, 1.165) is 11.3 Å². The second-order valence-corrected chi connectivity index (χ2v) is 4.71. The van der Waals surface area contributed by atoms with Gasteiger partial charge >= 0.3 is 0 Å². The van der Waals surface area contributed by atoms with Crippen LogP contribution in [0.4, 0.5) is 0 Å². The Morgan fingerprint density at radius 1 is 1.24 bits per heavy atom. The largest absolute Gasteiger partial charge is 0.359 e. The zero-order chi connectivity index (χ0) is 12.8. The van der Waals surface area contributed by atoms with Crippen molar-refractivity contribution in [3.63, 3.8) is 0 Å². The van der Waals surface area contributed by atoms with Gasteiger partial charge in [0, 0.05) is 6.04 Å². The van der Waals surface area contributed by atoms with Crippen LogP contribution < -0.4 is 10.7 Å². The van der Waals surface area contributed by atoms with Crippen molar-refractivity contribution >= 4 is 23.0 Å². The lowest BCUT2D eigenvalue weighted by Gasteiger charge is -2.10. The molecule has 0 saturated heterocycles. The SMILES string of the molecule is C/C(=N/NC(=S)NC(C)C)c1ccc(C)cc1. The van der Waals surface area contributed by atoms with Gasteiger partial charge in [0.2, 0.25) is 0 Å². The van der Waals surface area contributed by atoms with Crippen LogP contribution in [0, 0.1) is 6.92 Å². The molecular weight excluding hydrogens is 230 g/mol. The molecule has 17 heavy (non-hydrogen) atoms. The smallest absolute Gasteiger partial charge is 0.187 e. The van der Waals surface area contributed by atoms with E-state index in [-0.39, 0.29) is 0 Å². The number of nitrogens with zero attached hydrogens (tertiary/aromatic N) is 1. The van der Waals surface area contributed by atoms with E-state index in [1.54, 1.807) is 0 Å². The van der Waals surface area contributed by atoms with Crippen LogP contribution in [0.15, 0.2) is 29.4 Å². The summed E-state index contributed by atoms with van der Waals surface area (Å²) < 4.78 is 0. The third-order valence-corrected chi connectivity index (χ3v) is 2.42. The van der Waals surface area contributed by atoms with E-state index in [0.29, 0.717) is 11.2 Å². The Labute approximate surface area is 108 Å². The summed E-state index contributed by atoms with van der Waals surface area (Å²) in [6.07, 6.45) is 0. The highest BCUT2D eigenvalue weighted by Crippen LogP contribution is 2.04. The molecule has 2 N–H and O–H groups in total. The van der Waals surface area contributed by atoms with E-state index in [1.165, 1.54) is 5.56 Å². The third-order valence-electron chi connectivity index (χ3n) is 2.21. The zero-order valence-corrected chi connectivity index (χ0v) is 11.6. The molecule has 0 aromatic heterocycles. The van der Waals surface area contributed by atoms with Crippen LogP contribution in [-0.4, -0.2) is 16.9 Å². The first-order valence-electron chi connectivity index (χ1n) is 5.67. The molecule has 0 spiro atoms. The van der Waals surface area contributed by atoms with Gasteiger partial charge in [-0.2, -0.15) is 5.10 Å². The molecule has 92 valence electrons. The maximum absolute atomic E-state index is 5.09. The molecule has 1 aromatic carbocycles. The van der Waals surface area contributed by atoms with Gasteiger partial charge in [-0.15, -0.1) is 0 Å². The number of hydrogen-bond acceptors (Lipinski definition) is 2. The van der Waals surface area contributed by atoms with Gasteiger partial charge < -0.3 is 5.32 Å². The van der Waals surface area contributed by atoms with Crippen molar-refractivity contribution in [3.05, 3.63) is 35.4 Å². The van der Waals surface area contributed by atoms with Crippen LogP contribution in [-0.2, 0) is 0 Å². The van der Waals surface area contributed by atoms with Gasteiger partial charge in [0.25, 0.3) is 0 Å². The normalized spacial score (nSPS) is 11.5. The van der Waals surface area contributed by atoms with Gasteiger partial charge in [0.15, 0.2) is 5.11 Å². The van der Waals surface area contributed by atoms with Crippen molar-refractivity contribution in [3.8, 4) is 0 Å². The molecule has 0 amide bonds. The van der Waals surface area contributed by atoms with Gasteiger partial charge in [-0.05, 0) is 45.5 Å². The highest BCUT2D eigenvalue weighted by atomic mass is 32.1. The fourth-order valence-corrected chi connectivity index (χ4v) is 1.57. The Morgan fingerprint density at radius 3 is 2.35 bits per heavy atom. The highest BCUT2D eigenvalue weighted by molar-refractivity contribution is 7.80. The van der Waals surface area contributed by atoms with Gasteiger partial charge in [-0.25, -0.2) is 0 Å². The molecule has 1 rings (SSSR count). The number of thiocarbonyl (C=S) groups is 1. The third kappa shape index (κ3) is 4.95. The average Bonchev–Trinajstić information content (AvgIpc) is 2.26. The zero-order valence-electron chi connectivity index (χ0n) is 10.7. The molecule has 0 radical (unpaired) electrons. The second-order valence-electron chi connectivity index (χ2n) is 4.30. The monoisotopic (exact) mass is 249 g/mol. The van der Waals surface area contributed by atoms with E-state index in [9.17, 15) is 0 Å². The topological polar surface area (TPSA) is 36.4 Å². The van der Waals surface area contributed by atoms with Crippen molar-refractivity contribution in [2.45, 2.75) is 33.7 Å². The molecule has 0 aliphatic heterocycles. The quantitative estimate of drug-likeness (QED) is 0.491. The van der Waals surface area contributed by atoms with Crippen LogP contribution in [0.5, 0.6) is 0 Å². The van der Waals surface area contributed by atoms with E-state index in [2.05, 4.69) is 47.0 Å². The predicted octanol–water partition coefficient (Wildman–Crippen LogP) is 2.59. The van der Waals surface area contributed by atoms with Crippen LogP contribution in [0.25, 0.3) is 0 Å². The first-order chi connectivity index (χ1) is 7.99. The Kier molecular flexibility index (Phi) is 5.10. The molecule has 0 saturated carbocycles. The fourth-order valence-electron chi connectivity index (χ4n) is 1.29. The minimum atomic E-state index is 0.310. The van der Waals surface area contributed by atoms with E-state index in [4.69, 9.17) is 12.2 Å². The summed E-state index contributed by atoms with van der Waals surface area (Å²) in [5.74, 6) is 0. The van der Waals surface area contributed by atoms with Crippen LogP contribution in [0.2, 0.25) is 0 Å².